The highest BCUT2D eigenvalue weighted by Gasteiger charge is 2.39. The highest BCUT2D eigenvalue weighted by atomic mass is 19.4. The number of hydrogen-bond acceptors (Lipinski definition) is 3. The van der Waals surface area contributed by atoms with Gasteiger partial charge in [0.1, 0.15) is 11.9 Å². The van der Waals surface area contributed by atoms with Crippen LogP contribution in [0.15, 0.2) is 12.1 Å². The molecule has 0 saturated carbocycles. The normalized spacial score (nSPS) is 19.5. The van der Waals surface area contributed by atoms with Gasteiger partial charge in [-0.05, 0) is 25.5 Å². The zero-order chi connectivity index (χ0) is 15.1. The van der Waals surface area contributed by atoms with Crippen LogP contribution in [0.4, 0.5) is 19.0 Å². The second-order valence-electron chi connectivity index (χ2n) is 4.51. The number of carboxylic acids is 1. The van der Waals surface area contributed by atoms with Gasteiger partial charge in [-0.1, -0.05) is 0 Å². The number of rotatable bonds is 2. The Hall–Kier alpha value is -2.12. The van der Waals surface area contributed by atoms with Crippen molar-refractivity contribution in [1.29, 1.82) is 0 Å². The van der Waals surface area contributed by atoms with Crippen molar-refractivity contribution in [1.82, 2.24) is 4.98 Å². The monoisotopic (exact) mass is 288 g/mol. The lowest BCUT2D eigenvalue weighted by molar-refractivity contribution is -0.139. The summed E-state index contributed by atoms with van der Waals surface area (Å²) in [7, 11) is 0. The van der Waals surface area contributed by atoms with Crippen LogP contribution in [-0.4, -0.2) is 28.0 Å². The number of aliphatic carboxylic acids is 1. The molecule has 2 rings (SSSR count). The summed E-state index contributed by atoms with van der Waals surface area (Å²) >= 11 is 0. The molecule has 1 aromatic rings. The zero-order valence-corrected chi connectivity index (χ0v) is 10.4. The highest BCUT2D eigenvalue weighted by molar-refractivity contribution is 6.01. The number of anilines is 1. The number of pyridine rings is 1. The molecule has 0 aliphatic carbocycles. The molecule has 2 heterocycles. The van der Waals surface area contributed by atoms with Gasteiger partial charge >= 0.3 is 12.1 Å². The first-order valence-electron chi connectivity index (χ1n) is 5.81. The molecule has 0 bridgehead atoms. The van der Waals surface area contributed by atoms with Crippen molar-refractivity contribution in [3.8, 4) is 0 Å². The summed E-state index contributed by atoms with van der Waals surface area (Å²) in [6.07, 6.45) is -4.54. The maximum atomic E-state index is 12.7. The second kappa shape index (κ2) is 4.77. The molecule has 1 aliphatic heterocycles. The molecule has 0 spiro atoms. The number of halogens is 3. The van der Waals surface area contributed by atoms with Crippen LogP contribution in [-0.2, 0) is 15.8 Å². The van der Waals surface area contributed by atoms with Gasteiger partial charge < -0.3 is 5.11 Å². The first kappa shape index (κ1) is 14.3. The van der Waals surface area contributed by atoms with Gasteiger partial charge in [-0.15, -0.1) is 0 Å². The summed E-state index contributed by atoms with van der Waals surface area (Å²) in [4.78, 5) is 27.4. The molecule has 1 aliphatic rings. The Labute approximate surface area is 112 Å². The number of aromatic nitrogens is 1. The van der Waals surface area contributed by atoms with Crippen molar-refractivity contribution in [2.75, 3.05) is 4.90 Å². The molecule has 20 heavy (non-hydrogen) atoms. The predicted octanol–water partition coefficient (Wildman–Crippen LogP) is 1.99. The van der Waals surface area contributed by atoms with Gasteiger partial charge in [-0.2, -0.15) is 13.2 Å². The Morgan fingerprint density at radius 2 is 2.10 bits per heavy atom. The van der Waals surface area contributed by atoms with Crippen LogP contribution in [0.2, 0.25) is 0 Å². The minimum atomic E-state index is -4.58. The summed E-state index contributed by atoms with van der Waals surface area (Å²) in [6.45, 7) is 1.36. The largest absolute Gasteiger partial charge is 0.480 e. The van der Waals surface area contributed by atoms with Crippen LogP contribution >= 0.6 is 0 Å². The SMILES string of the molecule is Cc1cc(C(F)(F)F)cc(N2C(=O)CCC2C(=O)O)n1. The van der Waals surface area contributed by atoms with Crippen molar-refractivity contribution in [2.24, 2.45) is 0 Å². The van der Waals surface area contributed by atoms with Crippen molar-refractivity contribution >= 4 is 17.7 Å². The fraction of sp³-hybridized carbons (Fsp3) is 0.417. The van der Waals surface area contributed by atoms with Gasteiger partial charge in [-0.25, -0.2) is 9.78 Å². The lowest BCUT2D eigenvalue weighted by Crippen LogP contribution is -2.39. The minimum absolute atomic E-state index is 0.0199. The molecule has 108 valence electrons. The van der Waals surface area contributed by atoms with Crippen LogP contribution in [0.1, 0.15) is 24.1 Å². The fourth-order valence-corrected chi connectivity index (χ4v) is 2.14. The fourth-order valence-electron chi connectivity index (χ4n) is 2.14. The average Bonchev–Trinajstić information content (AvgIpc) is 2.69. The van der Waals surface area contributed by atoms with E-state index in [9.17, 15) is 22.8 Å². The number of carbonyl (C=O) groups excluding carboxylic acids is 1. The standard InChI is InChI=1S/C12H11F3N2O3/c1-6-4-7(12(13,14)15)5-9(16-6)17-8(11(19)20)2-3-10(17)18/h4-5,8H,2-3H2,1H3,(H,19,20). The molecule has 1 N–H and O–H groups in total. The molecule has 1 atom stereocenters. The lowest BCUT2D eigenvalue weighted by Gasteiger charge is -2.22. The highest BCUT2D eigenvalue weighted by Crippen LogP contribution is 2.33. The number of aryl methyl sites for hydroxylation is 1. The quantitative estimate of drug-likeness (QED) is 0.903. The molecule has 1 amide bonds. The molecular weight excluding hydrogens is 277 g/mol. The first-order chi connectivity index (χ1) is 9.20. The van der Waals surface area contributed by atoms with Gasteiger partial charge in [0.2, 0.25) is 5.91 Å². The number of alkyl halides is 3. The van der Waals surface area contributed by atoms with E-state index in [0.29, 0.717) is 6.07 Å². The van der Waals surface area contributed by atoms with Crippen molar-refractivity contribution < 1.29 is 27.9 Å². The predicted molar refractivity (Wildman–Crippen MR) is 62.1 cm³/mol. The van der Waals surface area contributed by atoms with E-state index in [0.717, 1.165) is 11.0 Å². The molecular formula is C12H11F3N2O3. The van der Waals surface area contributed by atoms with E-state index in [1.165, 1.54) is 6.92 Å². The Morgan fingerprint density at radius 1 is 1.45 bits per heavy atom. The van der Waals surface area contributed by atoms with E-state index < -0.39 is 29.7 Å². The van der Waals surface area contributed by atoms with Crippen LogP contribution in [0.5, 0.6) is 0 Å². The molecule has 1 aromatic heterocycles. The molecule has 0 aromatic carbocycles. The summed E-state index contributed by atoms with van der Waals surface area (Å²) in [5.41, 5.74) is -0.887. The van der Waals surface area contributed by atoms with E-state index in [1.54, 1.807) is 0 Å². The topological polar surface area (TPSA) is 70.5 Å². The van der Waals surface area contributed by atoms with Crippen molar-refractivity contribution in [2.45, 2.75) is 32.0 Å². The summed E-state index contributed by atoms with van der Waals surface area (Å²) in [5.74, 6) is -2.07. The third-order valence-corrected chi connectivity index (χ3v) is 3.01. The molecule has 1 saturated heterocycles. The second-order valence-corrected chi connectivity index (χ2v) is 4.51. The van der Waals surface area contributed by atoms with E-state index in [1.807, 2.05) is 0 Å². The van der Waals surface area contributed by atoms with Crippen molar-refractivity contribution in [3.63, 3.8) is 0 Å². The van der Waals surface area contributed by atoms with Crippen LogP contribution in [0.25, 0.3) is 0 Å². The molecule has 0 radical (unpaired) electrons. The maximum absolute atomic E-state index is 12.7. The van der Waals surface area contributed by atoms with Crippen LogP contribution < -0.4 is 4.90 Å². The van der Waals surface area contributed by atoms with Crippen LogP contribution in [0, 0.1) is 6.92 Å². The van der Waals surface area contributed by atoms with Crippen molar-refractivity contribution in [3.05, 3.63) is 23.4 Å². The van der Waals surface area contributed by atoms with Crippen LogP contribution in [0.3, 0.4) is 0 Å². The zero-order valence-electron chi connectivity index (χ0n) is 10.4. The number of hydrogen-bond donors (Lipinski definition) is 1. The Balaban J connectivity index is 2.49. The van der Waals surface area contributed by atoms with E-state index in [4.69, 9.17) is 5.11 Å². The number of amides is 1. The Kier molecular flexibility index (Phi) is 3.41. The average molecular weight is 288 g/mol. The summed E-state index contributed by atoms with van der Waals surface area (Å²) in [5, 5.41) is 9.02. The van der Waals surface area contributed by atoms with E-state index >= 15 is 0 Å². The summed E-state index contributed by atoms with van der Waals surface area (Å²) in [6, 6.07) is 0.379. The lowest BCUT2D eigenvalue weighted by atomic mass is 10.2. The maximum Gasteiger partial charge on any atom is 0.416 e. The Morgan fingerprint density at radius 3 is 2.65 bits per heavy atom. The molecule has 8 heteroatoms. The van der Waals surface area contributed by atoms with Gasteiger partial charge in [0.05, 0.1) is 5.56 Å². The number of carbonyl (C=O) groups is 2. The molecule has 5 nitrogen and oxygen atoms in total. The molecule has 1 unspecified atom stereocenters. The van der Waals surface area contributed by atoms with Gasteiger partial charge in [-0.3, -0.25) is 9.69 Å². The molecule has 1 fully saturated rings. The van der Waals surface area contributed by atoms with E-state index in [2.05, 4.69) is 4.98 Å². The summed E-state index contributed by atoms with van der Waals surface area (Å²) < 4.78 is 38.2. The third-order valence-electron chi connectivity index (χ3n) is 3.01. The number of carboxylic acid groups (broad SMARTS) is 1. The third kappa shape index (κ3) is 2.59. The van der Waals surface area contributed by atoms with Gasteiger partial charge in [0.15, 0.2) is 0 Å². The Bertz CT molecular complexity index is 572. The number of nitrogens with zero attached hydrogens (tertiary/aromatic N) is 2. The van der Waals surface area contributed by atoms with Gasteiger partial charge in [0, 0.05) is 12.1 Å². The van der Waals surface area contributed by atoms with Gasteiger partial charge in [0.25, 0.3) is 0 Å². The first-order valence-corrected chi connectivity index (χ1v) is 5.81. The smallest absolute Gasteiger partial charge is 0.416 e. The van der Waals surface area contributed by atoms with E-state index in [-0.39, 0.29) is 24.4 Å². The minimum Gasteiger partial charge on any atom is -0.480 e.